The largest absolute Gasteiger partial charge is 0.345 e. The summed E-state index contributed by atoms with van der Waals surface area (Å²) in [6.45, 7) is 0.356. The molecular formula is C10H9ClN4O. The molecule has 0 radical (unpaired) electrons. The number of halogens is 1. The summed E-state index contributed by atoms with van der Waals surface area (Å²) in [6, 6.07) is 5.50. The Kier molecular flexibility index (Phi) is 3.16. The second-order valence-corrected chi connectivity index (χ2v) is 3.50. The molecule has 0 unspecified atom stereocenters. The summed E-state index contributed by atoms with van der Waals surface area (Å²) in [5.74, 6) is -0.298. The van der Waals surface area contributed by atoms with E-state index in [1.807, 2.05) is 18.2 Å². The van der Waals surface area contributed by atoms with Crippen molar-refractivity contribution in [2.75, 3.05) is 0 Å². The summed E-state index contributed by atoms with van der Waals surface area (Å²) in [6.07, 6.45) is 3.06. The second-order valence-electron chi connectivity index (χ2n) is 3.10. The van der Waals surface area contributed by atoms with E-state index in [1.54, 1.807) is 6.20 Å². The van der Waals surface area contributed by atoms with Crippen LogP contribution in [0.2, 0.25) is 5.02 Å². The van der Waals surface area contributed by atoms with Crippen molar-refractivity contribution < 1.29 is 4.79 Å². The molecule has 0 atom stereocenters. The fraction of sp³-hybridized carbons (Fsp3) is 0.100. The Morgan fingerprint density at radius 2 is 2.38 bits per heavy atom. The molecule has 0 fully saturated rings. The van der Waals surface area contributed by atoms with Gasteiger partial charge in [0.1, 0.15) is 5.69 Å². The van der Waals surface area contributed by atoms with Crippen molar-refractivity contribution in [3.8, 4) is 0 Å². The predicted molar refractivity (Wildman–Crippen MR) is 59.0 cm³/mol. The van der Waals surface area contributed by atoms with Gasteiger partial charge in [0.05, 0.1) is 23.5 Å². The van der Waals surface area contributed by atoms with Crippen LogP contribution in [0.3, 0.4) is 0 Å². The Labute approximate surface area is 96.8 Å². The molecule has 2 N–H and O–H groups in total. The smallest absolute Gasteiger partial charge is 0.271 e. The van der Waals surface area contributed by atoms with E-state index in [9.17, 15) is 4.79 Å². The van der Waals surface area contributed by atoms with Gasteiger partial charge in [-0.05, 0) is 12.1 Å². The highest BCUT2D eigenvalue weighted by Crippen LogP contribution is 2.10. The maximum Gasteiger partial charge on any atom is 0.271 e. The first kappa shape index (κ1) is 10.6. The fourth-order valence-electron chi connectivity index (χ4n) is 1.19. The van der Waals surface area contributed by atoms with Crippen LogP contribution in [0.4, 0.5) is 0 Å². The summed E-state index contributed by atoms with van der Waals surface area (Å²) in [5, 5.41) is 9.18. The lowest BCUT2D eigenvalue weighted by atomic mass is 10.3. The minimum Gasteiger partial charge on any atom is -0.345 e. The number of amides is 1. The molecule has 2 heterocycles. The Balaban J connectivity index is 1.97. The predicted octanol–water partition coefficient (Wildman–Crippen LogP) is 1.39. The molecule has 82 valence electrons. The van der Waals surface area contributed by atoms with Crippen LogP contribution in [-0.2, 0) is 6.54 Å². The van der Waals surface area contributed by atoms with Crippen molar-refractivity contribution in [1.82, 2.24) is 20.5 Å². The average Bonchev–Trinajstić information content (AvgIpc) is 2.74. The molecule has 0 aliphatic carbocycles. The third-order valence-electron chi connectivity index (χ3n) is 1.98. The van der Waals surface area contributed by atoms with Crippen LogP contribution in [0.25, 0.3) is 0 Å². The zero-order valence-electron chi connectivity index (χ0n) is 8.27. The van der Waals surface area contributed by atoms with Gasteiger partial charge in [-0.2, -0.15) is 5.10 Å². The molecule has 2 aromatic heterocycles. The van der Waals surface area contributed by atoms with Gasteiger partial charge < -0.3 is 5.32 Å². The van der Waals surface area contributed by atoms with Crippen LogP contribution < -0.4 is 5.32 Å². The van der Waals surface area contributed by atoms with Gasteiger partial charge in [0, 0.05) is 6.20 Å². The molecule has 2 rings (SSSR count). The van der Waals surface area contributed by atoms with Crippen molar-refractivity contribution in [3.05, 3.63) is 47.0 Å². The summed E-state index contributed by atoms with van der Waals surface area (Å²) in [5.41, 5.74) is 1.05. The summed E-state index contributed by atoms with van der Waals surface area (Å²) < 4.78 is 0. The van der Waals surface area contributed by atoms with Crippen molar-refractivity contribution >= 4 is 17.5 Å². The molecule has 0 spiro atoms. The number of carbonyl (C=O) groups excluding carboxylic acids is 1. The summed E-state index contributed by atoms with van der Waals surface area (Å²) >= 11 is 5.75. The van der Waals surface area contributed by atoms with Gasteiger partial charge in [-0.3, -0.25) is 14.9 Å². The van der Waals surface area contributed by atoms with E-state index in [-0.39, 0.29) is 11.6 Å². The second kappa shape index (κ2) is 4.76. The molecule has 5 nitrogen and oxygen atoms in total. The normalized spacial score (nSPS) is 10.1. The highest BCUT2D eigenvalue weighted by atomic mass is 35.5. The van der Waals surface area contributed by atoms with Crippen LogP contribution in [0.1, 0.15) is 16.2 Å². The van der Waals surface area contributed by atoms with E-state index in [0.29, 0.717) is 11.6 Å². The molecule has 0 aliphatic heterocycles. The molecule has 2 aromatic rings. The molecule has 0 saturated carbocycles. The maximum atomic E-state index is 11.6. The molecule has 0 saturated heterocycles. The molecule has 0 aliphatic rings. The number of hydrogen-bond donors (Lipinski definition) is 2. The topological polar surface area (TPSA) is 70.7 Å². The lowest BCUT2D eigenvalue weighted by Gasteiger charge is -2.02. The van der Waals surface area contributed by atoms with Crippen molar-refractivity contribution in [2.45, 2.75) is 6.54 Å². The Morgan fingerprint density at radius 1 is 1.50 bits per heavy atom. The SMILES string of the molecule is O=C(NCc1ccccn1)c1[nH]ncc1Cl. The van der Waals surface area contributed by atoms with Crippen LogP contribution in [0, 0.1) is 0 Å². The van der Waals surface area contributed by atoms with Crippen molar-refractivity contribution in [1.29, 1.82) is 0 Å². The van der Waals surface area contributed by atoms with E-state index in [1.165, 1.54) is 6.20 Å². The lowest BCUT2D eigenvalue weighted by molar-refractivity contribution is 0.0945. The number of nitrogens with zero attached hydrogens (tertiary/aromatic N) is 2. The highest BCUT2D eigenvalue weighted by molar-refractivity contribution is 6.33. The number of aromatic amines is 1. The van der Waals surface area contributed by atoms with Gasteiger partial charge in [0.25, 0.3) is 5.91 Å². The quantitative estimate of drug-likeness (QED) is 0.846. The van der Waals surface area contributed by atoms with E-state index in [4.69, 9.17) is 11.6 Å². The Morgan fingerprint density at radius 3 is 3.00 bits per heavy atom. The van der Waals surface area contributed by atoms with Crippen molar-refractivity contribution in [2.24, 2.45) is 0 Å². The molecule has 6 heteroatoms. The van der Waals surface area contributed by atoms with Crippen LogP contribution >= 0.6 is 11.6 Å². The number of rotatable bonds is 3. The Bertz CT molecular complexity index is 483. The third kappa shape index (κ3) is 2.38. The number of hydrogen-bond acceptors (Lipinski definition) is 3. The minimum absolute atomic E-state index is 0.262. The number of H-pyrrole nitrogens is 1. The number of pyridine rings is 1. The van der Waals surface area contributed by atoms with Crippen LogP contribution in [-0.4, -0.2) is 21.1 Å². The van der Waals surface area contributed by atoms with Crippen LogP contribution in [0.5, 0.6) is 0 Å². The Hall–Kier alpha value is -1.88. The molecule has 16 heavy (non-hydrogen) atoms. The molecule has 1 amide bonds. The minimum atomic E-state index is -0.298. The number of carbonyl (C=O) groups is 1. The summed E-state index contributed by atoms with van der Waals surface area (Å²) in [4.78, 5) is 15.7. The monoisotopic (exact) mass is 236 g/mol. The molecular weight excluding hydrogens is 228 g/mol. The van der Waals surface area contributed by atoms with Crippen LogP contribution in [0.15, 0.2) is 30.6 Å². The van der Waals surface area contributed by atoms with E-state index >= 15 is 0 Å². The zero-order valence-corrected chi connectivity index (χ0v) is 9.03. The average molecular weight is 237 g/mol. The first-order chi connectivity index (χ1) is 7.77. The van der Waals surface area contributed by atoms with Crippen molar-refractivity contribution in [3.63, 3.8) is 0 Å². The zero-order chi connectivity index (χ0) is 11.4. The molecule has 0 bridgehead atoms. The van der Waals surface area contributed by atoms with E-state index < -0.39 is 0 Å². The van der Waals surface area contributed by atoms with Gasteiger partial charge in [-0.25, -0.2) is 0 Å². The van der Waals surface area contributed by atoms with Gasteiger partial charge in [0.15, 0.2) is 0 Å². The van der Waals surface area contributed by atoms with Gasteiger partial charge in [0.2, 0.25) is 0 Å². The van der Waals surface area contributed by atoms with Gasteiger partial charge in [-0.15, -0.1) is 0 Å². The maximum absolute atomic E-state index is 11.6. The number of aromatic nitrogens is 3. The summed E-state index contributed by atoms with van der Waals surface area (Å²) in [7, 11) is 0. The first-order valence-electron chi connectivity index (χ1n) is 4.64. The standard InChI is InChI=1S/C10H9ClN4O/c11-8-6-14-15-9(8)10(16)13-5-7-3-1-2-4-12-7/h1-4,6H,5H2,(H,13,16)(H,14,15). The van der Waals surface area contributed by atoms with Gasteiger partial charge in [-0.1, -0.05) is 17.7 Å². The number of nitrogens with one attached hydrogen (secondary N) is 2. The van der Waals surface area contributed by atoms with Gasteiger partial charge >= 0.3 is 0 Å². The van der Waals surface area contributed by atoms with E-state index in [2.05, 4.69) is 20.5 Å². The lowest BCUT2D eigenvalue weighted by Crippen LogP contribution is -2.23. The fourth-order valence-corrected chi connectivity index (χ4v) is 1.37. The van der Waals surface area contributed by atoms with E-state index in [0.717, 1.165) is 5.69 Å². The third-order valence-corrected chi connectivity index (χ3v) is 2.26. The first-order valence-corrected chi connectivity index (χ1v) is 5.02. The molecule has 0 aromatic carbocycles. The highest BCUT2D eigenvalue weighted by Gasteiger charge is 2.11.